The molecule has 222 valence electrons. The summed E-state index contributed by atoms with van der Waals surface area (Å²) in [6, 6.07) is 5.39. The van der Waals surface area contributed by atoms with Crippen LogP contribution in [0.15, 0.2) is 30.3 Å². The Bertz CT molecular complexity index is 1350. The average molecular weight is 610 g/mol. The second-order valence-electron chi connectivity index (χ2n) is 12.6. The molecular weight excluding hydrogens is 573 g/mol. The van der Waals surface area contributed by atoms with Gasteiger partial charge in [0.1, 0.15) is 17.0 Å². The molecule has 4 N–H and O–H groups in total. The number of benzene rings is 2. The van der Waals surface area contributed by atoms with Gasteiger partial charge in [-0.2, -0.15) is 0 Å². The predicted octanol–water partition coefficient (Wildman–Crippen LogP) is 4.59. The van der Waals surface area contributed by atoms with Gasteiger partial charge in [-0.15, -0.1) is 0 Å². The Morgan fingerprint density at radius 2 is 1.80 bits per heavy atom. The Hall–Kier alpha value is -2.30. The molecule has 4 atom stereocenters. The number of aliphatic hydroxyl groups excluding tert-OH is 1. The molecule has 5 rings (SSSR count). The van der Waals surface area contributed by atoms with Crippen LogP contribution in [0.1, 0.15) is 57.1 Å². The number of anilines is 1. The Morgan fingerprint density at radius 1 is 1.12 bits per heavy atom. The van der Waals surface area contributed by atoms with Crippen molar-refractivity contribution in [3.05, 3.63) is 63.1 Å². The van der Waals surface area contributed by atoms with Crippen LogP contribution in [0.2, 0.25) is 10.0 Å². The van der Waals surface area contributed by atoms with Gasteiger partial charge in [-0.3, -0.25) is 9.59 Å². The fourth-order valence-electron chi connectivity index (χ4n) is 6.73. The van der Waals surface area contributed by atoms with Crippen LogP contribution in [0.3, 0.4) is 0 Å². The SMILES string of the molecule is CC(C)(C)C[C@H]1N[C@@H](C(=O)NCCN2CCC(O)CC2)[C@H](c2ccc(F)c(Cl)c2)[C@@]12C(=O)Nc1cc(Cl)c(F)cc12. The van der Waals surface area contributed by atoms with Crippen molar-refractivity contribution >= 4 is 40.7 Å². The molecule has 3 aliphatic heterocycles. The van der Waals surface area contributed by atoms with E-state index >= 15 is 4.39 Å². The average Bonchev–Trinajstić information content (AvgIpc) is 3.36. The molecule has 0 aromatic heterocycles. The number of hydrogen-bond acceptors (Lipinski definition) is 5. The molecule has 2 amide bonds. The van der Waals surface area contributed by atoms with Crippen molar-refractivity contribution in [1.82, 2.24) is 15.5 Å². The van der Waals surface area contributed by atoms with E-state index in [-0.39, 0.29) is 33.4 Å². The smallest absolute Gasteiger partial charge is 0.237 e. The summed E-state index contributed by atoms with van der Waals surface area (Å²) >= 11 is 12.3. The zero-order valence-electron chi connectivity index (χ0n) is 23.4. The first-order chi connectivity index (χ1) is 19.3. The maximum absolute atomic E-state index is 15.0. The van der Waals surface area contributed by atoms with Crippen molar-refractivity contribution in [1.29, 1.82) is 0 Å². The molecule has 0 unspecified atom stereocenters. The van der Waals surface area contributed by atoms with E-state index in [1.54, 1.807) is 0 Å². The lowest BCUT2D eigenvalue weighted by Gasteiger charge is -2.37. The van der Waals surface area contributed by atoms with Gasteiger partial charge in [0.25, 0.3) is 0 Å². The van der Waals surface area contributed by atoms with Gasteiger partial charge in [0, 0.05) is 43.8 Å². The number of carbonyl (C=O) groups is 2. The molecule has 2 fully saturated rings. The molecule has 3 aliphatic rings. The third-order valence-electron chi connectivity index (χ3n) is 8.57. The molecular formula is C30H36Cl2F2N4O3. The third kappa shape index (κ3) is 5.71. The first-order valence-electron chi connectivity index (χ1n) is 14.0. The number of rotatable bonds is 6. The van der Waals surface area contributed by atoms with E-state index in [4.69, 9.17) is 23.2 Å². The predicted molar refractivity (Wildman–Crippen MR) is 155 cm³/mol. The summed E-state index contributed by atoms with van der Waals surface area (Å²) in [5, 5.41) is 18.9. The molecule has 1 spiro atoms. The Balaban J connectivity index is 1.57. The number of halogens is 4. The number of nitrogens with zero attached hydrogens (tertiary/aromatic N) is 1. The zero-order chi connectivity index (χ0) is 29.7. The van der Waals surface area contributed by atoms with Crippen LogP contribution in [-0.2, 0) is 15.0 Å². The second kappa shape index (κ2) is 11.4. The Morgan fingerprint density at radius 3 is 2.46 bits per heavy atom. The molecule has 0 bridgehead atoms. The van der Waals surface area contributed by atoms with E-state index in [2.05, 4.69) is 20.9 Å². The number of hydrogen-bond donors (Lipinski definition) is 4. The number of amides is 2. The Kier molecular flexibility index (Phi) is 8.40. The van der Waals surface area contributed by atoms with Crippen LogP contribution in [0.5, 0.6) is 0 Å². The van der Waals surface area contributed by atoms with Gasteiger partial charge in [0.05, 0.1) is 22.2 Å². The van der Waals surface area contributed by atoms with E-state index in [9.17, 15) is 19.1 Å². The molecule has 0 saturated carbocycles. The van der Waals surface area contributed by atoms with E-state index < -0.39 is 35.1 Å². The number of likely N-dealkylation sites (tertiary alicyclic amines) is 1. The summed E-state index contributed by atoms with van der Waals surface area (Å²) in [4.78, 5) is 30.2. The first-order valence-corrected chi connectivity index (χ1v) is 14.8. The van der Waals surface area contributed by atoms with Crippen LogP contribution < -0.4 is 16.0 Å². The Labute approximate surface area is 249 Å². The lowest BCUT2D eigenvalue weighted by molar-refractivity contribution is -0.124. The highest BCUT2D eigenvalue weighted by molar-refractivity contribution is 6.31. The molecule has 41 heavy (non-hydrogen) atoms. The van der Waals surface area contributed by atoms with Gasteiger partial charge in [0.2, 0.25) is 11.8 Å². The second-order valence-corrected chi connectivity index (χ2v) is 13.4. The van der Waals surface area contributed by atoms with Crippen molar-refractivity contribution in [2.75, 3.05) is 31.5 Å². The topological polar surface area (TPSA) is 93.7 Å². The van der Waals surface area contributed by atoms with Crippen molar-refractivity contribution in [3.63, 3.8) is 0 Å². The van der Waals surface area contributed by atoms with Gasteiger partial charge in [0.15, 0.2) is 0 Å². The number of nitrogens with one attached hydrogen (secondary N) is 3. The van der Waals surface area contributed by atoms with Crippen molar-refractivity contribution in [3.8, 4) is 0 Å². The van der Waals surface area contributed by atoms with Gasteiger partial charge >= 0.3 is 0 Å². The highest BCUT2D eigenvalue weighted by atomic mass is 35.5. The number of fused-ring (bicyclic) bond motifs is 2. The van der Waals surface area contributed by atoms with E-state index in [1.807, 2.05) is 20.8 Å². The molecule has 2 saturated heterocycles. The zero-order valence-corrected chi connectivity index (χ0v) is 24.9. The molecule has 2 aromatic carbocycles. The summed E-state index contributed by atoms with van der Waals surface area (Å²) in [6.45, 7) is 8.58. The third-order valence-corrected chi connectivity index (χ3v) is 9.15. The van der Waals surface area contributed by atoms with Crippen molar-refractivity contribution in [2.24, 2.45) is 5.41 Å². The molecule has 0 radical (unpaired) electrons. The minimum absolute atomic E-state index is 0.125. The standard InChI is InChI=1S/C30H36Cl2F2N4O3/c1-29(2,3)15-24-30(18-13-22(34)20(32)14-23(18)36-28(30)41)25(16-4-5-21(33)19(31)12-16)26(37-24)27(40)35-8-11-38-9-6-17(39)7-10-38/h4-5,12-14,17,24-26,37,39H,6-11,15H2,1-3H3,(H,35,40)(H,36,41)/t24-,25+,26-,30+/m1/s1. The van der Waals surface area contributed by atoms with E-state index in [1.165, 1.54) is 30.3 Å². The van der Waals surface area contributed by atoms with Gasteiger partial charge in [-0.25, -0.2) is 8.78 Å². The summed E-state index contributed by atoms with van der Waals surface area (Å²) in [6.07, 6.45) is 1.58. The summed E-state index contributed by atoms with van der Waals surface area (Å²) in [7, 11) is 0. The maximum Gasteiger partial charge on any atom is 0.237 e. The molecule has 2 aromatic rings. The minimum atomic E-state index is -1.40. The summed E-state index contributed by atoms with van der Waals surface area (Å²) in [5.74, 6) is -2.84. The molecule has 7 nitrogen and oxygen atoms in total. The quantitative estimate of drug-likeness (QED) is 0.385. The van der Waals surface area contributed by atoms with Crippen LogP contribution in [0.4, 0.5) is 14.5 Å². The molecule has 0 aliphatic carbocycles. The first kappa shape index (κ1) is 30.2. The van der Waals surface area contributed by atoms with E-state index in [0.29, 0.717) is 49.2 Å². The van der Waals surface area contributed by atoms with Gasteiger partial charge in [-0.05, 0) is 60.1 Å². The van der Waals surface area contributed by atoms with Gasteiger partial charge < -0.3 is 26.0 Å². The maximum atomic E-state index is 15.0. The largest absolute Gasteiger partial charge is 0.393 e. The van der Waals surface area contributed by atoms with Crippen molar-refractivity contribution in [2.45, 2.75) is 69.6 Å². The minimum Gasteiger partial charge on any atom is -0.393 e. The lowest BCUT2D eigenvalue weighted by atomic mass is 9.62. The van der Waals surface area contributed by atoms with Crippen LogP contribution in [0, 0.1) is 17.0 Å². The van der Waals surface area contributed by atoms with Gasteiger partial charge in [-0.1, -0.05) is 50.0 Å². The summed E-state index contributed by atoms with van der Waals surface area (Å²) < 4.78 is 29.3. The number of carbonyl (C=O) groups excluding carboxylic acids is 2. The van der Waals surface area contributed by atoms with E-state index in [0.717, 1.165) is 13.1 Å². The van der Waals surface area contributed by atoms with Crippen LogP contribution in [-0.4, -0.2) is 66.2 Å². The number of aliphatic hydroxyl groups is 1. The number of piperidine rings is 1. The normalized spacial score (nSPS) is 26.8. The fraction of sp³-hybridized carbons (Fsp3) is 0.533. The summed E-state index contributed by atoms with van der Waals surface area (Å²) in [5.41, 5.74) is -0.398. The van der Waals surface area contributed by atoms with Crippen molar-refractivity contribution < 1.29 is 23.5 Å². The molecule has 11 heteroatoms. The highest BCUT2D eigenvalue weighted by Crippen LogP contribution is 2.57. The monoisotopic (exact) mass is 608 g/mol. The highest BCUT2D eigenvalue weighted by Gasteiger charge is 2.66. The van der Waals surface area contributed by atoms with Crippen LogP contribution in [0.25, 0.3) is 0 Å². The lowest BCUT2D eigenvalue weighted by Crippen LogP contribution is -2.49. The van der Waals surface area contributed by atoms with Crippen LogP contribution >= 0.6 is 23.2 Å². The molecule has 3 heterocycles. The fourth-order valence-corrected chi connectivity index (χ4v) is 7.08.